The molecule has 0 aliphatic carbocycles. The Bertz CT molecular complexity index is 567. The minimum atomic E-state index is 0.139. The Morgan fingerprint density at radius 3 is 2.95 bits per heavy atom. The largest absolute Gasteiger partial charge is 0.375 e. The molecule has 3 rings (SSSR count). The molecule has 0 unspecified atom stereocenters. The van der Waals surface area contributed by atoms with E-state index < -0.39 is 0 Å². The molecule has 3 heterocycles. The first-order valence-corrected chi connectivity index (χ1v) is 6.61. The highest BCUT2D eigenvalue weighted by atomic mass is 16.5. The minimum absolute atomic E-state index is 0.139. The van der Waals surface area contributed by atoms with Gasteiger partial charge in [0.05, 0.1) is 12.6 Å². The van der Waals surface area contributed by atoms with Crippen LogP contribution in [0.2, 0.25) is 0 Å². The van der Waals surface area contributed by atoms with Crippen molar-refractivity contribution >= 4 is 0 Å². The van der Waals surface area contributed by atoms with Crippen LogP contribution in [0.3, 0.4) is 0 Å². The fourth-order valence-electron chi connectivity index (χ4n) is 2.46. The monoisotopic (exact) mass is 279 g/mol. The smallest absolute Gasteiger partial charge is 0.252 e. The molecule has 8 nitrogen and oxygen atoms in total. The molecule has 8 heteroatoms. The molecule has 0 N–H and O–H groups in total. The first-order valence-electron chi connectivity index (χ1n) is 6.61. The van der Waals surface area contributed by atoms with Crippen molar-refractivity contribution in [2.75, 3.05) is 13.7 Å². The van der Waals surface area contributed by atoms with Gasteiger partial charge in [0, 0.05) is 7.11 Å². The number of likely N-dealkylation sites (tertiary alicyclic amines) is 1. The van der Waals surface area contributed by atoms with Crippen LogP contribution in [0.4, 0.5) is 0 Å². The molecule has 0 spiro atoms. The molecule has 1 saturated heterocycles. The average molecular weight is 279 g/mol. The standard InChI is InChI=1S/C12H17N5O3/c1-8-13-12(20-15-8)9-4-3-5-17(9)6-10-14-11(7-18-2)19-16-10/h9H,3-7H2,1-2H3/t9-/m0/s1. The van der Waals surface area contributed by atoms with Gasteiger partial charge >= 0.3 is 0 Å². The molecule has 0 amide bonds. The van der Waals surface area contributed by atoms with Gasteiger partial charge in [-0.3, -0.25) is 4.90 Å². The van der Waals surface area contributed by atoms with E-state index in [4.69, 9.17) is 13.8 Å². The van der Waals surface area contributed by atoms with Gasteiger partial charge < -0.3 is 13.8 Å². The Balaban J connectivity index is 1.69. The molecule has 1 aliphatic heterocycles. The highest BCUT2D eigenvalue weighted by Crippen LogP contribution is 2.31. The van der Waals surface area contributed by atoms with Crippen molar-refractivity contribution in [2.24, 2.45) is 0 Å². The third-order valence-corrected chi connectivity index (χ3v) is 3.31. The van der Waals surface area contributed by atoms with Crippen molar-refractivity contribution in [3.05, 3.63) is 23.4 Å². The summed E-state index contributed by atoms with van der Waals surface area (Å²) in [5.74, 6) is 2.47. The fraction of sp³-hybridized carbons (Fsp3) is 0.667. The molecule has 1 atom stereocenters. The predicted molar refractivity (Wildman–Crippen MR) is 66.4 cm³/mol. The summed E-state index contributed by atoms with van der Waals surface area (Å²) in [4.78, 5) is 10.8. The van der Waals surface area contributed by atoms with E-state index >= 15 is 0 Å². The normalized spacial score (nSPS) is 19.8. The van der Waals surface area contributed by atoms with Crippen LogP contribution in [0.5, 0.6) is 0 Å². The van der Waals surface area contributed by atoms with E-state index in [1.807, 2.05) is 6.92 Å². The van der Waals surface area contributed by atoms with E-state index in [-0.39, 0.29) is 6.04 Å². The topological polar surface area (TPSA) is 90.3 Å². The van der Waals surface area contributed by atoms with E-state index in [2.05, 4.69) is 25.2 Å². The molecule has 2 aromatic heterocycles. The Morgan fingerprint density at radius 1 is 1.30 bits per heavy atom. The molecule has 0 radical (unpaired) electrons. The number of hydrogen-bond donors (Lipinski definition) is 0. The number of hydrogen-bond acceptors (Lipinski definition) is 8. The highest BCUT2D eigenvalue weighted by Gasteiger charge is 2.31. The van der Waals surface area contributed by atoms with Gasteiger partial charge in [-0.2, -0.15) is 9.97 Å². The van der Waals surface area contributed by atoms with Crippen LogP contribution in [0.15, 0.2) is 9.05 Å². The van der Waals surface area contributed by atoms with E-state index in [0.717, 1.165) is 19.4 Å². The maximum Gasteiger partial charge on any atom is 0.252 e. The SMILES string of the molecule is COCc1nc(CN2CCC[C@H]2c2nc(C)no2)no1. The van der Waals surface area contributed by atoms with Crippen molar-refractivity contribution in [2.45, 2.75) is 39.0 Å². The lowest BCUT2D eigenvalue weighted by Crippen LogP contribution is -2.23. The summed E-state index contributed by atoms with van der Waals surface area (Å²) in [6.45, 7) is 3.72. The van der Waals surface area contributed by atoms with E-state index in [9.17, 15) is 0 Å². The first kappa shape index (κ1) is 13.2. The summed E-state index contributed by atoms with van der Waals surface area (Å²) in [5.41, 5.74) is 0. The van der Waals surface area contributed by atoms with Crippen LogP contribution in [0, 0.1) is 6.92 Å². The number of nitrogens with zero attached hydrogens (tertiary/aromatic N) is 5. The molecule has 0 aromatic carbocycles. The van der Waals surface area contributed by atoms with Gasteiger partial charge in [-0.05, 0) is 26.3 Å². The predicted octanol–water partition coefficient (Wildman–Crippen LogP) is 1.24. The van der Waals surface area contributed by atoms with Crippen LogP contribution in [-0.2, 0) is 17.9 Å². The zero-order valence-electron chi connectivity index (χ0n) is 11.6. The van der Waals surface area contributed by atoms with Crippen LogP contribution < -0.4 is 0 Å². The quantitative estimate of drug-likeness (QED) is 0.807. The highest BCUT2D eigenvalue weighted by molar-refractivity contribution is 4.97. The molecule has 0 saturated carbocycles. The number of methoxy groups -OCH3 is 1. The Labute approximate surface area is 116 Å². The van der Waals surface area contributed by atoms with Crippen molar-refractivity contribution in [3.8, 4) is 0 Å². The van der Waals surface area contributed by atoms with Gasteiger partial charge in [-0.25, -0.2) is 0 Å². The third kappa shape index (κ3) is 2.70. The van der Waals surface area contributed by atoms with Gasteiger partial charge in [0.25, 0.3) is 5.89 Å². The van der Waals surface area contributed by atoms with Crippen molar-refractivity contribution in [3.63, 3.8) is 0 Å². The molecule has 2 aromatic rings. The summed E-state index contributed by atoms with van der Waals surface area (Å²) >= 11 is 0. The zero-order valence-corrected chi connectivity index (χ0v) is 11.6. The second-order valence-electron chi connectivity index (χ2n) is 4.85. The number of rotatable bonds is 5. The van der Waals surface area contributed by atoms with Gasteiger partial charge in [-0.15, -0.1) is 0 Å². The van der Waals surface area contributed by atoms with Crippen molar-refractivity contribution in [1.29, 1.82) is 0 Å². The second kappa shape index (κ2) is 5.68. The number of ether oxygens (including phenoxy) is 1. The molecule has 20 heavy (non-hydrogen) atoms. The summed E-state index contributed by atoms with van der Waals surface area (Å²) < 4.78 is 15.3. The fourth-order valence-corrected chi connectivity index (χ4v) is 2.46. The Hall–Kier alpha value is -1.80. The van der Waals surface area contributed by atoms with Crippen molar-refractivity contribution in [1.82, 2.24) is 25.2 Å². The molecule has 0 bridgehead atoms. The van der Waals surface area contributed by atoms with E-state index in [1.165, 1.54) is 0 Å². The summed E-state index contributed by atoms with van der Waals surface area (Å²) in [6.07, 6.45) is 2.10. The molecular formula is C12H17N5O3. The molecule has 1 aliphatic rings. The Morgan fingerprint density at radius 2 is 2.20 bits per heavy atom. The number of aryl methyl sites for hydroxylation is 1. The van der Waals surface area contributed by atoms with Crippen LogP contribution in [0.25, 0.3) is 0 Å². The lowest BCUT2D eigenvalue weighted by Gasteiger charge is -2.19. The first-order chi connectivity index (χ1) is 9.76. The molecule has 108 valence electrons. The third-order valence-electron chi connectivity index (χ3n) is 3.31. The van der Waals surface area contributed by atoms with Gasteiger partial charge in [0.1, 0.15) is 6.61 Å². The lowest BCUT2D eigenvalue weighted by molar-refractivity contribution is 0.151. The van der Waals surface area contributed by atoms with Gasteiger partial charge in [0.2, 0.25) is 5.89 Å². The average Bonchev–Trinajstić information content (AvgIpc) is 3.12. The van der Waals surface area contributed by atoms with Crippen LogP contribution in [-0.4, -0.2) is 38.8 Å². The maximum absolute atomic E-state index is 5.27. The van der Waals surface area contributed by atoms with Gasteiger partial charge in [-0.1, -0.05) is 10.3 Å². The van der Waals surface area contributed by atoms with Crippen molar-refractivity contribution < 1.29 is 13.8 Å². The second-order valence-corrected chi connectivity index (χ2v) is 4.85. The minimum Gasteiger partial charge on any atom is -0.375 e. The maximum atomic E-state index is 5.27. The number of aromatic nitrogens is 4. The van der Waals surface area contributed by atoms with Crippen LogP contribution in [0.1, 0.15) is 42.3 Å². The molecular weight excluding hydrogens is 262 g/mol. The summed E-state index contributed by atoms with van der Waals surface area (Å²) in [5, 5.41) is 7.81. The summed E-state index contributed by atoms with van der Waals surface area (Å²) in [6, 6.07) is 0.139. The van der Waals surface area contributed by atoms with E-state index in [0.29, 0.717) is 36.6 Å². The zero-order chi connectivity index (χ0) is 13.9. The summed E-state index contributed by atoms with van der Waals surface area (Å²) in [7, 11) is 1.60. The van der Waals surface area contributed by atoms with Gasteiger partial charge in [0.15, 0.2) is 11.6 Å². The Kier molecular flexibility index (Phi) is 3.75. The molecule has 1 fully saturated rings. The lowest BCUT2D eigenvalue weighted by atomic mass is 10.2. The van der Waals surface area contributed by atoms with E-state index in [1.54, 1.807) is 7.11 Å². The van der Waals surface area contributed by atoms with Crippen LogP contribution >= 0.6 is 0 Å².